The Morgan fingerprint density at radius 2 is 1.74 bits per heavy atom. The summed E-state index contributed by atoms with van der Waals surface area (Å²) in [6.45, 7) is 9.58. The number of aryl methyl sites for hydroxylation is 1. The van der Waals surface area contributed by atoms with E-state index in [9.17, 15) is 4.79 Å². The summed E-state index contributed by atoms with van der Waals surface area (Å²) in [5, 5.41) is 6.06. The molecule has 2 aromatic rings. The Hall–Kier alpha value is -2.67. The van der Waals surface area contributed by atoms with Gasteiger partial charge in [0.05, 0.1) is 0 Å². The topological polar surface area (TPSA) is 73.4 Å². The predicted molar refractivity (Wildman–Crippen MR) is 112 cm³/mol. The highest BCUT2D eigenvalue weighted by Gasteiger charge is 2.11. The summed E-state index contributed by atoms with van der Waals surface area (Å²) in [5.74, 6) is 0.227. The molecule has 0 saturated carbocycles. The fraction of sp³-hybridized carbons (Fsp3) is 0.450. The van der Waals surface area contributed by atoms with Crippen LogP contribution in [0, 0.1) is 6.92 Å². The van der Waals surface area contributed by atoms with Crippen molar-refractivity contribution in [3.63, 3.8) is 0 Å². The fourth-order valence-electron chi connectivity index (χ4n) is 2.69. The molecule has 0 bridgehead atoms. The Kier molecular flexibility index (Phi) is 7.55. The van der Waals surface area contributed by atoms with Crippen LogP contribution < -0.4 is 15.5 Å². The quantitative estimate of drug-likeness (QED) is 0.707. The zero-order valence-electron chi connectivity index (χ0n) is 16.9. The van der Waals surface area contributed by atoms with Crippen molar-refractivity contribution in [2.75, 3.05) is 55.8 Å². The maximum atomic E-state index is 12.6. The molecule has 7 nitrogen and oxygen atoms in total. The van der Waals surface area contributed by atoms with Gasteiger partial charge in [-0.25, -0.2) is 9.97 Å². The second kappa shape index (κ2) is 9.87. The van der Waals surface area contributed by atoms with Crippen molar-refractivity contribution in [1.82, 2.24) is 14.9 Å². The Morgan fingerprint density at radius 3 is 2.33 bits per heavy atom. The van der Waals surface area contributed by atoms with E-state index in [-0.39, 0.29) is 5.91 Å². The molecule has 1 aromatic heterocycles. The first-order chi connectivity index (χ1) is 12.9. The number of carbonyl (C=O) groups excluding carboxylic acids is 1. The van der Waals surface area contributed by atoms with Crippen LogP contribution in [0.3, 0.4) is 0 Å². The number of hydrogen-bond acceptors (Lipinski definition) is 6. The molecule has 0 aliphatic rings. The molecule has 0 radical (unpaired) electrons. The van der Waals surface area contributed by atoms with Gasteiger partial charge in [0.2, 0.25) is 5.95 Å². The smallest absolute Gasteiger partial charge is 0.274 e. The van der Waals surface area contributed by atoms with E-state index in [2.05, 4.69) is 44.2 Å². The minimum absolute atomic E-state index is 0.244. The zero-order valence-corrected chi connectivity index (χ0v) is 16.9. The molecule has 1 amide bonds. The van der Waals surface area contributed by atoms with E-state index in [1.165, 1.54) is 0 Å². The average Bonchev–Trinajstić information content (AvgIpc) is 2.63. The minimum atomic E-state index is -0.244. The van der Waals surface area contributed by atoms with Gasteiger partial charge in [0, 0.05) is 43.2 Å². The molecule has 0 fully saturated rings. The van der Waals surface area contributed by atoms with Crippen LogP contribution in [0.2, 0.25) is 0 Å². The molecular weight excluding hydrogens is 340 g/mol. The van der Waals surface area contributed by atoms with E-state index < -0.39 is 0 Å². The van der Waals surface area contributed by atoms with Gasteiger partial charge >= 0.3 is 0 Å². The Balaban J connectivity index is 2.05. The summed E-state index contributed by atoms with van der Waals surface area (Å²) in [6, 6.07) is 9.55. The number of carbonyl (C=O) groups is 1. The average molecular weight is 371 g/mol. The van der Waals surface area contributed by atoms with Gasteiger partial charge in [-0.2, -0.15) is 0 Å². The molecule has 2 rings (SSSR count). The van der Waals surface area contributed by atoms with Gasteiger partial charge < -0.3 is 20.4 Å². The van der Waals surface area contributed by atoms with E-state index in [1.807, 2.05) is 45.3 Å². The highest BCUT2D eigenvalue weighted by molar-refractivity contribution is 6.03. The van der Waals surface area contributed by atoms with E-state index in [0.29, 0.717) is 18.2 Å². The first-order valence-electron chi connectivity index (χ1n) is 9.33. The molecule has 7 heteroatoms. The third-order valence-electron chi connectivity index (χ3n) is 4.18. The summed E-state index contributed by atoms with van der Waals surface area (Å²) in [6.07, 6.45) is 0. The van der Waals surface area contributed by atoms with Gasteiger partial charge in [0.1, 0.15) is 5.69 Å². The van der Waals surface area contributed by atoms with Crippen molar-refractivity contribution in [2.45, 2.75) is 20.8 Å². The number of amides is 1. The van der Waals surface area contributed by atoms with Gasteiger partial charge in [0.15, 0.2) is 0 Å². The first-order valence-corrected chi connectivity index (χ1v) is 9.33. The van der Waals surface area contributed by atoms with Crippen LogP contribution in [0.1, 0.15) is 30.0 Å². The van der Waals surface area contributed by atoms with Gasteiger partial charge in [-0.15, -0.1) is 0 Å². The highest BCUT2D eigenvalue weighted by Crippen LogP contribution is 2.18. The number of rotatable bonds is 9. The summed E-state index contributed by atoms with van der Waals surface area (Å²) in [4.78, 5) is 25.6. The second-order valence-corrected chi connectivity index (χ2v) is 6.62. The van der Waals surface area contributed by atoms with Crippen LogP contribution >= 0.6 is 0 Å². The number of benzene rings is 1. The SMILES string of the molecule is CCN(CC)c1ccc(NC(=O)c2cc(C)nc(NCCN(C)C)n2)cc1. The number of likely N-dealkylation sites (N-methyl/N-ethyl adjacent to an activating group) is 1. The molecular formula is C20H30N6O. The zero-order chi connectivity index (χ0) is 19.8. The molecule has 0 spiro atoms. The monoisotopic (exact) mass is 370 g/mol. The lowest BCUT2D eigenvalue weighted by Crippen LogP contribution is -2.22. The normalized spacial score (nSPS) is 10.7. The lowest BCUT2D eigenvalue weighted by molar-refractivity contribution is 0.102. The molecule has 27 heavy (non-hydrogen) atoms. The van der Waals surface area contributed by atoms with Crippen molar-refractivity contribution >= 4 is 23.2 Å². The summed E-state index contributed by atoms with van der Waals surface area (Å²) >= 11 is 0. The second-order valence-electron chi connectivity index (χ2n) is 6.62. The van der Waals surface area contributed by atoms with Crippen LogP contribution in [0.15, 0.2) is 30.3 Å². The van der Waals surface area contributed by atoms with Crippen LogP contribution in [-0.2, 0) is 0 Å². The molecule has 1 aromatic carbocycles. The van der Waals surface area contributed by atoms with Gasteiger partial charge in [-0.1, -0.05) is 0 Å². The summed E-state index contributed by atoms with van der Waals surface area (Å²) in [5.41, 5.74) is 2.99. The molecule has 2 N–H and O–H groups in total. The van der Waals surface area contributed by atoms with Crippen molar-refractivity contribution in [3.8, 4) is 0 Å². The van der Waals surface area contributed by atoms with Crippen LogP contribution in [0.25, 0.3) is 0 Å². The maximum absolute atomic E-state index is 12.6. The standard InChI is InChI=1S/C20H30N6O/c1-6-26(7-2)17-10-8-16(9-11-17)23-19(27)18-14-15(3)22-20(24-18)21-12-13-25(4)5/h8-11,14H,6-7,12-13H2,1-5H3,(H,23,27)(H,21,22,24). The molecule has 0 unspecified atom stereocenters. The van der Waals surface area contributed by atoms with Gasteiger partial charge in [-0.05, 0) is 65.2 Å². The van der Waals surface area contributed by atoms with Crippen molar-refractivity contribution < 1.29 is 4.79 Å². The van der Waals surface area contributed by atoms with E-state index in [4.69, 9.17) is 0 Å². The lowest BCUT2D eigenvalue weighted by atomic mass is 10.2. The van der Waals surface area contributed by atoms with Crippen LogP contribution in [-0.4, -0.2) is 61.0 Å². The number of nitrogens with zero attached hydrogens (tertiary/aromatic N) is 4. The van der Waals surface area contributed by atoms with Gasteiger partial charge in [-0.3, -0.25) is 4.79 Å². The third kappa shape index (κ3) is 6.21. The van der Waals surface area contributed by atoms with E-state index >= 15 is 0 Å². The summed E-state index contributed by atoms with van der Waals surface area (Å²) < 4.78 is 0. The number of hydrogen-bond donors (Lipinski definition) is 2. The number of nitrogens with one attached hydrogen (secondary N) is 2. The van der Waals surface area contributed by atoms with Crippen molar-refractivity contribution in [2.24, 2.45) is 0 Å². The largest absolute Gasteiger partial charge is 0.372 e. The third-order valence-corrected chi connectivity index (χ3v) is 4.18. The predicted octanol–water partition coefficient (Wildman–Crippen LogP) is 2.86. The van der Waals surface area contributed by atoms with Crippen molar-refractivity contribution in [3.05, 3.63) is 41.7 Å². The van der Waals surface area contributed by atoms with Crippen LogP contribution in [0.4, 0.5) is 17.3 Å². The first kappa shape index (κ1) is 20.6. The highest BCUT2D eigenvalue weighted by atomic mass is 16.1. The number of aromatic nitrogens is 2. The van der Waals surface area contributed by atoms with Crippen LogP contribution in [0.5, 0.6) is 0 Å². The molecule has 0 atom stereocenters. The van der Waals surface area contributed by atoms with Gasteiger partial charge in [0.25, 0.3) is 5.91 Å². The number of anilines is 3. The van der Waals surface area contributed by atoms with E-state index in [0.717, 1.165) is 36.7 Å². The summed E-state index contributed by atoms with van der Waals surface area (Å²) in [7, 11) is 4.01. The molecule has 0 saturated heterocycles. The van der Waals surface area contributed by atoms with E-state index in [1.54, 1.807) is 6.07 Å². The Bertz CT molecular complexity index is 741. The Labute approximate surface area is 161 Å². The maximum Gasteiger partial charge on any atom is 0.274 e. The molecule has 1 heterocycles. The Morgan fingerprint density at radius 1 is 1.07 bits per heavy atom. The molecule has 0 aliphatic carbocycles. The molecule has 146 valence electrons. The molecule has 0 aliphatic heterocycles. The fourth-order valence-corrected chi connectivity index (χ4v) is 2.69. The lowest BCUT2D eigenvalue weighted by Gasteiger charge is -2.21. The van der Waals surface area contributed by atoms with Crippen molar-refractivity contribution in [1.29, 1.82) is 0 Å². The minimum Gasteiger partial charge on any atom is -0.372 e.